The molecule has 0 spiro atoms. The van der Waals surface area contributed by atoms with Crippen LogP contribution in [0.4, 0.5) is 0 Å². The van der Waals surface area contributed by atoms with E-state index in [1.54, 1.807) is 0 Å². The van der Waals surface area contributed by atoms with Gasteiger partial charge >= 0.3 is 0 Å². The molecule has 0 radical (unpaired) electrons. The molecule has 1 heterocycles. The van der Waals surface area contributed by atoms with Gasteiger partial charge in [0.15, 0.2) is 0 Å². The molecule has 2 rings (SSSR count). The number of para-hydroxylation sites is 1. The van der Waals surface area contributed by atoms with Crippen molar-refractivity contribution in [3.8, 4) is 0 Å². The van der Waals surface area contributed by atoms with E-state index in [1.807, 2.05) is 0 Å². The molecular formula is C13H16N2. The molecule has 78 valence electrons. The molecule has 0 amide bonds. The Kier molecular flexibility index (Phi) is 2.88. The summed E-state index contributed by atoms with van der Waals surface area (Å²) in [6, 6.07) is 10.5. The number of benzene rings is 1. The Balaban J connectivity index is 2.31. The number of nitrogens with zero attached hydrogens (tertiary/aromatic N) is 1. The van der Waals surface area contributed by atoms with Gasteiger partial charge in [0.1, 0.15) is 0 Å². The van der Waals surface area contributed by atoms with Crippen molar-refractivity contribution in [1.82, 2.24) is 9.88 Å². The Bertz CT molecular complexity index is 468. The van der Waals surface area contributed by atoms with Crippen LogP contribution < -0.4 is 5.32 Å². The third-order valence-corrected chi connectivity index (χ3v) is 2.52. The van der Waals surface area contributed by atoms with Crippen molar-refractivity contribution in [2.45, 2.75) is 6.92 Å². The predicted molar refractivity (Wildman–Crippen MR) is 65.8 cm³/mol. The third-order valence-electron chi connectivity index (χ3n) is 2.52. The lowest BCUT2D eigenvalue weighted by Gasteiger charge is -2.09. The molecule has 0 aliphatic carbocycles. The molecule has 1 N–H and O–H groups in total. The van der Waals surface area contributed by atoms with Crippen molar-refractivity contribution in [2.24, 2.45) is 0 Å². The molecule has 0 unspecified atom stereocenters. The van der Waals surface area contributed by atoms with Gasteiger partial charge in [0, 0.05) is 18.4 Å². The summed E-state index contributed by atoms with van der Waals surface area (Å²) in [5, 5.41) is 4.54. The summed E-state index contributed by atoms with van der Waals surface area (Å²) in [5.74, 6) is 0. The van der Waals surface area contributed by atoms with Gasteiger partial charge in [-0.05, 0) is 24.1 Å². The normalized spacial score (nSPS) is 10.7. The van der Waals surface area contributed by atoms with Gasteiger partial charge in [0.05, 0.1) is 5.52 Å². The fourth-order valence-electron chi connectivity index (χ4n) is 1.71. The molecule has 0 saturated carbocycles. The molecule has 2 aromatic rings. The molecule has 0 atom stereocenters. The van der Waals surface area contributed by atoms with Crippen LogP contribution in [0.3, 0.4) is 0 Å². The summed E-state index contributed by atoms with van der Waals surface area (Å²) in [6.07, 6.45) is 2.07. The molecule has 1 aromatic heterocycles. The highest BCUT2D eigenvalue weighted by molar-refractivity contribution is 5.83. The average molecular weight is 200 g/mol. The van der Waals surface area contributed by atoms with Gasteiger partial charge in [-0.15, -0.1) is 0 Å². The van der Waals surface area contributed by atoms with E-state index < -0.39 is 0 Å². The van der Waals surface area contributed by atoms with Crippen molar-refractivity contribution < 1.29 is 0 Å². The van der Waals surface area contributed by atoms with Crippen molar-refractivity contribution in [2.75, 3.05) is 13.1 Å². The van der Waals surface area contributed by atoms with Gasteiger partial charge in [0.25, 0.3) is 0 Å². The monoisotopic (exact) mass is 200 g/mol. The second kappa shape index (κ2) is 4.32. The maximum Gasteiger partial charge on any atom is 0.0525 e. The lowest BCUT2D eigenvalue weighted by atomic mass is 10.2. The summed E-state index contributed by atoms with van der Waals surface area (Å²) in [6.45, 7) is 7.98. The molecule has 0 aliphatic heterocycles. The summed E-state index contributed by atoms with van der Waals surface area (Å²) in [5.41, 5.74) is 2.30. The molecule has 1 aromatic carbocycles. The predicted octanol–water partition coefficient (Wildman–Crippen LogP) is 2.72. The van der Waals surface area contributed by atoms with Crippen LogP contribution >= 0.6 is 0 Å². The molecule has 0 bridgehead atoms. The second-order valence-corrected chi connectivity index (χ2v) is 3.59. The fourth-order valence-corrected chi connectivity index (χ4v) is 1.71. The van der Waals surface area contributed by atoms with E-state index in [-0.39, 0.29) is 0 Å². The summed E-state index contributed by atoms with van der Waals surface area (Å²) in [7, 11) is 0. The van der Waals surface area contributed by atoms with Crippen molar-refractivity contribution in [3.05, 3.63) is 43.1 Å². The number of hydrogen-bond donors (Lipinski definition) is 1. The van der Waals surface area contributed by atoms with Crippen LogP contribution in [0.2, 0.25) is 0 Å². The maximum atomic E-state index is 4.09. The van der Waals surface area contributed by atoms with Gasteiger partial charge in [-0.2, -0.15) is 0 Å². The van der Waals surface area contributed by atoms with Crippen LogP contribution in [0, 0.1) is 0 Å². The first-order chi connectivity index (χ1) is 7.33. The maximum absolute atomic E-state index is 4.09. The standard InChI is InChI=1S/C13H16N2/c1-3-14-10-11(2)15-9-8-12-6-4-5-7-13(12)15/h4-9,14H,2-3,10H2,1H3. The minimum atomic E-state index is 0.829. The minimum absolute atomic E-state index is 0.829. The summed E-state index contributed by atoms with van der Waals surface area (Å²) in [4.78, 5) is 0. The largest absolute Gasteiger partial charge is 0.320 e. The molecule has 2 nitrogen and oxygen atoms in total. The molecule has 2 heteroatoms. The number of rotatable bonds is 4. The molecule has 0 saturated heterocycles. The van der Waals surface area contributed by atoms with Gasteiger partial charge < -0.3 is 9.88 Å². The second-order valence-electron chi connectivity index (χ2n) is 3.59. The average Bonchev–Trinajstić information content (AvgIpc) is 2.69. The Labute approximate surface area is 90.2 Å². The third kappa shape index (κ3) is 1.95. The highest BCUT2D eigenvalue weighted by Gasteiger charge is 2.01. The van der Waals surface area contributed by atoms with E-state index in [2.05, 4.69) is 59.9 Å². The zero-order valence-electron chi connectivity index (χ0n) is 9.03. The van der Waals surface area contributed by atoms with Gasteiger partial charge in [-0.25, -0.2) is 0 Å². The zero-order valence-corrected chi connectivity index (χ0v) is 9.03. The van der Waals surface area contributed by atoms with Crippen LogP contribution in [0.5, 0.6) is 0 Å². The van der Waals surface area contributed by atoms with Gasteiger partial charge in [-0.1, -0.05) is 31.7 Å². The quantitative estimate of drug-likeness (QED) is 0.803. The van der Waals surface area contributed by atoms with Crippen molar-refractivity contribution >= 4 is 16.6 Å². The summed E-state index contributed by atoms with van der Waals surface area (Å²) >= 11 is 0. The lowest BCUT2D eigenvalue weighted by molar-refractivity contribution is 0.790. The lowest BCUT2D eigenvalue weighted by Crippen LogP contribution is -2.17. The van der Waals surface area contributed by atoms with Gasteiger partial charge in [-0.3, -0.25) is 0 Å². The van der Waals surface area contributed by atoms with Crippen molar-refractivity contribution in [1.29, 1.82) is 0 Å². The highest BCUT2D eigenvalue weighted by Crippen LogP contribution is 2.17. The Morgan fingerprint density at radius 1 is 1.33 bits per heavy atom. The Hall–Kier alpha value is -1.54. The zero-order chi connectivity index (χ0) is 10.7. The topological polar surface area (TPSA) is 17.0 Å². The summed E-state index contributed by atoms with van der Waals surface area (Å²) < 4.78 is 2.14. The fraction of sp³-hybridized carbons (Fsp3) is 0.231. The first-order valence-corrected chi connectivity index (χ1v) is 5.28. The van der Waals surface area contributed by atoms with Crippen LogP contribution in [-0.2, 0) is 0 Å². The van der Waals surface area contributed by atoms with Crippen LogP contribution in [0.15, 0.2) is 43.1 Å². The van der Waals surface area contributed by atoms with Crippen LogP contribution in [0.25, 0.3) is 16.6 Å². The molecule has 0 fully saturated rings. The molecular weight excluding hydrogens is 184 g/mol. The molecule has 15 heavy (non-hydrogen) atoms. The SMILES string of the molecule is C=C(CNCC)n1ccc2ccccc21. The van der Waals surface area contributed by atoms with E-state index in [4.69, 9.17) is 0 Å². The van der Waals surface area contributed by atoms with Crippen LogP contribution in [-0.4, -0.2) is 17.7 Å². The van der Waals surface area contributed by atoms with E-state index in [1.165, 1.54) is 10.9 Å². The number of aromatic nitrogens is 1. The number of fused-ring (bicyclic) bond motifs is 1. The van der Waals surface area contributed by atoms with Gasteiger partial charge in [0.2, 0.25) is 0 Å². The smallest absolute Gasteiger partial charge is 0.0525 e. The van der Waals surface area contributed by atoms with E-state index in [0.29, 0.717) is 0 Å². The van der Waals surface area contributed by atoms with E-state index >= 15 is 0 Å². The highest BCUT2D eigenvalue weighted by atomic mass is 15.0. The first-order valence-electron chi connectivity index (χ1n) is 5.28. The van der Waals surface area contributed by atoms with Crippen LogP contribution in [0.1, 0.15) is 6.92 Å². The minimum Gasteiger partial charge on any atom is -0.320 e. The Morgan fingerprint density at radius 3 is 2.93 bits per heavy atom. The number of nitrogens with one attached hydrogen (secondary N) is 1. The molecule has 0 aliphatic rings. The number of likely N-dealkylation sites (N-methyl/N-ethyl adjacent to an activating group) is 1. The van der Waals surface area contributed by atoms with Crippen molar-refractivity contribution in [3.63, 3.8) is 0 Å². The number of hydrogen-bond acceptors (Lipinski definition) is 1. The Morgan fingerprint density at radius 2 is 2.13 bits per heavy atom. The van der Waals surface area contributed by atoms with E-state index in [0.717, 1.165) is 18.8 Å². The van der Waals surface area contributed by atoms with E-state index in [9.17, 15) is 0 Å². The first kappa shape index (κ1) is 9.99.